The zero-order chi connectivity index (χ0) is 15.1. The molecule has 0 bridgehead atoms. The van der Waals surface area contributed by atoms with Crippen molar-refractivity contribution in [2.24, 2.45) is 0 Å². The summed E-state index contributed by atoms with van der Waals surface area (Å²) in [6, 6.07) is 9.04. The second-order valence-corrected chi connectivity index (χ2v) is 4.63. The molecule has 0 aliphatic heterocycles. The van der Waals surface area contributed by atoms with E-state index in [1.165, 1.54) is 0 Å². The molecule has 1 aromatic carbocycles. The van der Waals surface area contributed by atoms with E-state index in [2.05, 4.69) is 10.4 Å². The van der Waals surface area contributed by atoms with Gasteiger partial charge in [-0.15, -0.1) is 0 Å². The molecule has 2 aromatic rings. The second kappa shape index (κ2) is 7.44. The highest BCUT2D eigenvalue weighted by atomic mass is 16.5. The molecule has 6 heteroatoms. The summed E-state index contributed by atoms with van der Waals surface area (Å²) in [5.41, 5.74) is 7.19. The SMILES string of the molecule is CCCOCCC(=O)Nc1ccnn1-c1ccc(N)cc1. The maximum absolute atomic E-state index is 11.9. The average molecular weight is 288 g/mol. The summed E-state index contributed by atoms with van der Waals surface area (Å²) in [5.74, 6) is 0.531. The fourth-order valence-electron chi connectivity index (χ4n) is 1.84. The molecule has 1 aromatic heterocycles. The van der Waals surface area contributed by atoms with Crippen LogP contribution in [0.15, 0.2) is 36.5 Å². The number of nitrogens with two attached hydrogens (primary N) is 1. The lowest BCUT2D eigenvalue weighted by atomic mass is 10.3. The van der Waals surface area contributed by atoms with Crippen molar-refractivity contribution in [3.63, 3.8) is 0 Å². The molecule has 1 amide bonds. The van der Waals surface area contributed by atoms with E-state index < -0.39 is 0 Å². The number of nitrogen functional groups attached to an aromatic ring is 1. The Bertz CT molecular complexity index is 578. The van der Waals surface area contributed by atoms with Crippen molar-refractivity contribution >= 4 is 17.4 Å². The number of rotatable bonds is 7. The van der Waals surface area contributed by atoms with Crippen molar-refractivity contribution in [2.75, 3.05) is 24.3 Å². The minimum absolute atomic E-state index is 0.0942. The minimum atomic E-state index is -0.0942. The number of nitrogens with zero attached hydrogens (tertiary/aromatic N) is 2. The van der Waals surface area contributed by atoms with Crippen LogP contribution in [0.3, 0.4) is 0 Å². The second-order valence-electron chi connectivity index (χ2n) is 4.63. The molecular formula is C15H20N4O2. The molecule has 0 aliphatic carbocycles. The van der Waals surface area contributed by atoms with E-state index in [-0.39, 0.29) is 5.91 Å². The largest absolute Gasteiger partial charge is 0.399 e. The lowest BCUT2D eigenvalue weighted by Crippen LogP contribution is -2.17. The monoisotopic (exact) mass is 288 g/mol. The van der Waals surface area contributed by atoms with Crippen molar-refractivity contribution in [1.29, 1.82) is 0 Å². The van der Waals surface area contributed by atoms with Crippen molar-refractivity contribution in [3.8, 4) is 5.69 Å². The van der Waals surface area contributed by atoms with Crippen LogP contribution in [0.1, 0.15) is 19.8 Å². The smallest absolute Gasteiger partial charge is 0.227 e. The van der Waals surface area contributed by atoms with Crippen LogP contribution >= 0.6 is 0 Å². The minimum Gasteiger partial charge on any atom is -0.399 e. The fraction of sp³-hybridized carbons (Fsp3) is 0.333. The fourth-order valence-corrected chi connectivity index (χ4v) is 1.84. The molecule has 21 heavy (non-hydrogen) atoms. The van der Waals surface area contributed by atoms with Gasteiger partial charge in [0.25, 0.3) is 0 Å². The molecule has 2 rings (SSSR count). The third-order valence-corrected chi connectivity index (χ3v) is 2.87. The molecule has 0 unspecified atom stereocenters. The van der Waals surface area contributed by atoms with Crippen molar-refractivity contribution in [3.05, 3.63) is 36.5 Å². The number of hydrogen-bond acceptors (Lipinski definition) is 4. The highest BCUT2D eigenvalue weighted by molar-refractivity contribution is 5.90. The van der Waals surface area contributed by atoms with Gasteiger partial charge in [-0.3, -0.25) is 4.79 Å². The highest BCUT2D eigenvalue weighted by Gasteiger charge is 2.08. The zero-order valence-corrected chi connectivity index (χ0v) is 12.1. The number of amides is 1. The number of anilines is 2. The first-order valence-electron chi connectivity index (χ1n) is 6.98. The number of nitrogens with one attached hydrogen (secondary N) is 1. The summed E-state index contributed by atoms with van der Waals surface area (Å²) < 4.78 is 6.96. The molecule has 6 nitrogen and oxygen atoms in total. The molecule has 112 valence electrons. The molecule has 0 radical (unpaired) electrons. The van der Waals surface area contributed by atoms with Crippen LogP contribution in [0.5, 0.6) is 0 Å². The van der Waals surface area contributed by atoms with Crippen LogP contribution in [-0.2, 0) is 9.53 Å². The Balaban J connectivity index is 1.97. The van der Waals surface area contributed by atoms with Gasteiger partial charge < -0.3 is 15.8 Å². The number of aromatic nitrogens is 2. The van der Waals surface area contributed by atoms with Gasteiger partial charge in [0.05, 0.1) is 24.9 Å². The van der Waals surface area contributed by atoms with Gasteiger partial charge in [0.2, 0.25) is 5.91 Å². The summed E-state index contributed by atoms with van der Waals surface area (Å²) >= 11 is 0. The number of ether oxygens (including phenoxy) is 1. The van der Waals surface area contributed by atoms with E-state index in [0.717, 1.165) is 12.1 Å². The first-order chi connectivity index (χ1) is 10.2. The van der Waals surface area contributed by atoms with E-state index in [1.807, 2.05) is 19.1 Å². The molecular weight excluding hydrogens is 268 g/mol. The van der Waals surface area contributed by atoms with Crippen LogP contribution in [0, 0.1) is 0 Å². The van der Waals surface area contributed by atoms with Gasteiger partial charge in [0.15, 0.2) is 0 Å². The van der Waals surface area contributed by atoms with Crippen LogP contribution in [0.2, 0.25) is 0 Å². The predicted octanol–water partition coefficient (Wildman–Crippen LogP) is 2.21. The third kappa shape index (κ3) is 4.32. The average Bonchev–Trinajstić information content (AvgIpc) is 2.92. The van der Waals surface area contributed by atoms with Crippen molar-refractivity contribution in [2.45, 2.75) is 19.8 Å². The van der Waals surface area contributed by atoms with E-state index in [9.17, 15) is 4.79 Å². The standard InChI is InChI=1S/C15H20N4O2/c1-2-10-21-11-8-15(20)18-14-7-9-17-19(14)13-5-3-12(16)4-6-13/h3-7,9H,2,8,10-11,16H2,1H3,(H,18,20). The number of carbonyl (C=O) groups excluding carboxylic acids is 1. The van der Waals surface area contributed by atoms with Gasteiger partial charge in [0.1, 0.15) is 5.82 Å². The zero-order valence-electron chi connectivity index (χ0n) is 12.1. The molecule has 0 spiro atoms. The first kappa shape index (κ1) is 15.1. The molecule has 3 N–H and O–H groups in total. The normalized spacial score (nSPS) is 10.5. The Morgan fingerprint density at radius 2 is 2.05 bits per heavy atom. The number of carbonyl (C=O) groups is 1. The Morgan fingerprint density at radius 1 is 1.29 bits per heavy atom. The summed E-state index contributed by atoms with van der Waals surface area (Å²) in [5, 5.41) is 7.04. The van der Waals surface area contributed by atoms with Gasteiger partial charge in [0, 0.05) is 18.4 Å². The molecule has 0 atom stereocenters. The van der Waals surface area contributed by atoms with E-state index in [1.54, 1.807) is 29.1 Å². The molecule has 0 fully saturated rings. The van der Waals surface area contributed by atoms with Gasteiger partial charge in [-0.2, -0.15) is 5.10 Å². The highest BCUT2D eigenvalue weighted by Crippen LogP contribution is 2.16. The Morgan fingerprint density at radius 3 is 2.76 bits per heavy atom. The quantitative estimate of drug-likeness (QED) is 0.604. The van der Waals surface area contributed by atoms with Gasteiger partial charge in [-0.25, -0.2) is 4.68 Å². The Labute approximate surface area is 123 Å². The van der Waals surface area contributed by atoms with Gasteiger partial charge >= 0.3 is 0 Å². The predicted molar refractivity (Wildman–Crippen MR) is 82.3 cm³/mol. The van der Waals surface area contributed by atoms with E-state index in [4.69, 9.17) is 10.5 Å². The summed E-state index contributed by atoms with van der Waals surface area (Å²) in [4.78, 5) is 11.9. The maximum Gasteiger partial charge on any atom is 0.227 e. The third-order valence-electron chi connectivity index (χ3n) is 2.87. The summed E-state index contributed by atoms with van der Waals surface area (Å²) in [7, 11) is 0. The summed E-state index contributed by atoms with van der Waals surface area (Å²) in [6.07, 6.45) is 2.91. The molecule has 1 heterocycles. The Kier molecular flexibility index (Phi) is 5.34. The van der Waals surface area contributed by atoms with Crippen molar-refractivity contribution in [1.82, 2.24) is 9.78 Å². The lowest BCUT2D eigenvalue weighted by molar-refractivity contribution is -0.117. The summed E-state index contributed by atoms with van der Waals surface area (Å²) in [6.45, 7) is 3.14. The van der Waals surface area contributed by atoms with Gasteiger partial charge in [-0.05, 0) is 30.7 Å². The van der Waals surface area contributed by atoms with E-state index >= 15 is 0 Å². The van der Waals surface area contributed by atoms with Gasteiger partial charge in [-0.1, -0.05) is 6.92 Å². The maximum atomic E-state index is 11.9. The van der Waals surface area contributed by atoms with Crippen LogP contribution in [0.25, 0.3) is 5.69 Å². The first-order valence-corrected chi connectivity index (χ1v) is 6.98. The van der Waals surface area contributed by atoms with Crippen LogP contribution < -0.4 is 11.1 Å². The molecule has 0 saturated carbocycles. The number of hydrogen-bond donors (Lipinski definition) is 2. The van der Waals surface area contributed by atoms with E-state index in [0.29, 0.717) is 31.1 Å². The van der Waals surface area contributed by atoms with Crippen LogP contribution in [0.4, 0.5) is 11.5 Å². The molecule has 0 aliphatic rings. The van der Waals surface area contributed by atoms with Crippen LogP contribution in [-0.4, -0.2) is 28.9 Å². The Hall–Kier alpha value is -2.34. The molecule has 0 saturated heterocycles. The topological polar surface area (TPSA) is 82.2 Å². The lowest BCUT2D eigenvalue weighted by Gasteiger charge is -2.09. The number of benzene rings is 1. The van der Waals surface area contributed by atoms with Crippen molar-refractivity contribution < 1.29 is 9.53 Å².